The molecule has 3 unspecified atom stereocenters. The van der Waals surface area contributed by atoms with Gasteiger partial charge in [-0.3, -0.25) is 4.18 Å². The number of ether oxygens (including phenoxy) is 1. The van der Waals surface area contributed by atoms with E-state index in [0.717, 1.165) is 31.4 Å². The van der Waals surface area contributed by atoms with E-state index in [0.29, 0.717) is 0 Å². The Morgan fingerprint density at radius 2 is 1.71 bits per heavy atom. The fourth-order valence-corrected chi connectivity index (χ4v) is 3.41. The highest BCUT2D eigenvalue weighted by atomic mass is 32.2. The maximum absolute atomic E-state index is 11.8. The van der Waals surface area contributed by atoms with Gasteiger partial charge >= 0.3 is 11.4 Å². The van der Waals surface area contributed by atoms with Crippen LogP contribution in [0.25, 0.3) is 0 Å². The van der Waals surface area contributed by atoms with E-state index in [-0.39, 0.29) is 17.6 Å². The van der Waals surface area contributed by atoms with Crippen molar-refractivity contribution in [2.75, 3.05) is 0 Å². The molecule has 1 fully saturated rings. The second kappa shape index (κ2) is 8.67. The van der Waals surface area contributed by atoms with Crippen LogP contribution in [-0.4, -0.2) is 16.4 Å². The van der Waals surface area contributed by atoms with Gasteiger partial charge in [0.15, 0.2) is 0 Å². The third-order valence-electron chi connectivity index (χ3n) is 4.12. The maximum atomic E-state index is 11.8. The lowest BCUT2D eigenvalue weighted by molar-refractivity contribution is 0.0256. The van der Waals surface area contributed by atoms with E-state index in [1.807, 2.05) is 12.1 Å². The van der Waals surface area contributed by atoms with E-state index < -0.39 is 11.4 Å². The predicted molar refractivity (Wildman–Crippen MR) is 96.9 cm³/mol. The van der Waals surface area contributed by atoms with Crippen molar-refractivity contribution in [3.8, 4) is 5.75 Å². The normalized spacial score (nSPS) is 23.2. The van der Waals surface area contributed by atoms with Gasteiger partial charge in [-0.15, -0.1) is 0 Å². The lowest BCUT2D eigenvalue weighted by Gasteiger charge is -2.30. The Morgan fingerprint density at radius 1 is 1.08 bits per heavy atom. The number of hydrogen-bond acceptors (Lipinski definition) is 4. The first-order valence-corrected chi connectivity index (χ1v) is 9.54. The first-order chi connectivity index (χ1) is 11.4. The van der Waals surface area contributed by atoms with Crippen LogP contribution in [-0.2, 0) is 25.1 Å². The quantitative estimate of drug-likeness (QED) is 0.689. The van der Waals surface area contributed by atoms with Gasteiger partial charge in [0.05, 0.1) is 0 Å². The lowest BCUT2D eigenvalue weighted by Crippen LogP contribution is -2.37. The Hall–Kier alpha value is -1.33. The molecule has 0 saturated heterocycles. The molecule has 134 valence electrons. The first kappa shape index (κ1) is 19.0. The zero-order valence-electron chi connectivity index (χ0n) is 15.0. The summed E-state index contributed by atoms with van der Waals surface area (Å²) in [6.45, 7) is 8.36. The monoisotopic (exact) mass is 352 g/mol. The summed E-state index contributed by atoms with van der Waals surface area (Å²) < 4.78 is 28.4. The van der Waals surface area contributed by atoms with Crippen molar-refractivity contribution in [2.45, 2.75) is 71.0 Å². The summed E-state index contributed by atoms with van der Waals surface area (Å²) in [5, 5.41) is 0. The summed E-state index contributed by atoms with van der Waals surface area (Å²) >= 11 is -1.78. The average Bonchev–Trinajstić information content (AvgIpc) is 2.54. The minimum absolute atomic E-state index is 0.0996. The fraction of sp³-hybridized carbons (Fsp3) is 0.579. The molecule has 1 aromatic rings. The van der Waals surface area contributed by atoms with Crippen LogP contribution in [0.4, 0.5) is 0 Å². The molecule has 1 aliphatic carbocycles. The maximum Gasteiger partial charge on any atom is 0.360 e. The van der Waals surface area contributed by atoms with Crippen LogP contribution < -0.4 is 4.74 Å². The van der Waals surface area contributed by atoms with Crippen molar-refractivity contribution in [3.63, 3.8) is 0 Å². The highest BCUT2D eigenvalue weighted by Crippen LogP contribution is 2.29. The summed E-state index contributed by atoms with van der Waals surface area (Å²) in [5.74, 6) is 0.823. The molecule has 1 saturated carbocycles. The van der Waals surface area contributed by atoms with E-state index in [2.05, 4.69) is 32.9 Å². The predicted octanol–water partition coefficient (Wildman–Crippen LogP) is 4.82. The second-order valence-corrected chi connectivity index (χ2v) is 7.91. The molecule has 0 bridgehead atoms. The van der Waals surface area contributed by atoms with Crippen LogP contribution in [0, 0.1) is 0 Å². The number of rotatable bonds is 6. The number of allylic oxidation sites excluding steroid dienone is 1. The lowest BCUT2D eigenvalue weighted by atomic mass is 9.87. The molecule has 1 aromatic carbocycles. The molecule has 0 heterocycles. The summed E-state index contributed by atoms with van der Waals surface area (Å²) in [6.07, 6.45) is 6.60. The van der Waals surface area contributed by atoms with Crippen molar-refractivity contribution >= 4 is 11.4 Å². The van der Waals surface area contributed by atoms with Gasteiger partial charge in [-0.25, -0.2) is 0 Å². The minimum atomic E-state index is -1.78. The third-order valence-corrected chi connectivity index (χ3v) is 4.79. The smallest absolute Gasteiger partial charge is 0.360 e. The molecule has 24 heavy (non-hydrogen) atoms. The van der Waals surface area contributed by atoms with Gasteiger partial charge in [-0.1, -0.05) is 45.4 Å². The zero-order chi connectivity index (χ0) is 17.6. The Bertz CT molecular complexity index is 560. The molecule has 0 amide bonds. The molecule has 5 heteroatoms. The number of hydrogen-bond donors (Lipinski definition) is 0. The zero-order valence-corrected chi connectivity index (χ0v) is 15.8. The Balaban J connectivity index is 1.99. The van der Waals surface area contributed by atoms with E-state index >= 15 is 0 Å². The highest BCUT2D eigenvalue weighted by Gasteiger charge is 2.30. The van der Waals surface area contributed by atoms with Crippen molar-refractivity contribution < 1.29 is 17.3 Å². The van der Waals surface area contributed by atoms with E-state index in [4.69, 9.17) is 13.1 Å². The van der Waals surface area contributed by atoms with Gasteiger partial charge in [-0.05, 0) is 49.3 Å². The highest BCUT2D eigenvalue weighted by molar-refractivity contribution is 7.75. The molecular weight excluding hydrogens is 324 g/mol. The fourth-order valence-electron chi connectivity index (χ4n) is 2.74. The van der Waals surface area contributed by atoms with Crippen LogP contribution in [0.15, 0.2) is 36.6 Å². The van der Waals surface area contributed by atoms with Crippen LogP contribution in [0.1, 0.15) is 58.9 Å². The SMILES string of the molecule is C/C=C\OS(=O)OC1CCCCC1Oc1ccc(C(C)(C)C)cc1. The van der Waals surface area contributed by atoms with Crippen LogP contribution >= 0.6 is 0 Å². The number of benzene rings is 1. The third kappa shape index (κ3) is 5.64. The summed E-state index contributed by atoms with van der Waals surface area (Å²) in [7, 11) is 0. The average molecular weight is 352 g/mol. The van der Waals surface area contributed by atoms with Crippen LogP contribution in [0.5, 0.6) is 5.75 Å². The first-order valence-electron chi connectivity index (χ1n) is 8.54. The molecule has 2 rings (SSSR count). The van der Waals surface area contributed by atoms with Gasteiger partial charge in [0.25, 0.3) is 0 Å². The van der Waals surface area contributed by atoms with Gasteiger partial charge in [-0.2, -0.15) is 4.21 Å². The molecule has 0 spiro atoms. The summed E-state index contributed by atoms with van der Waals surface area (Å²) in [4.78, 5) is 0. The van der Waals surface area contributed by atoms with E-state index in [1.165, 1.54) is 11.8 Å². The second-order valence-electron chi connectivity index (χ2n) is 7.12. The van der Waals surface area contributed by atoms with Gasteiger partial charge < -0.3 is 8.92 Å². The molecule has 4 nitrogen and oxygen atoms in total. The Morgan fingerprint density at radius 3 is 2.29 bits per heavy atom. The molecule has 1 aliphatic rings. The molecular formula is C19H28O4S. The molecule has 0 N–H and O–H groups in total. The van der Waals surface area contributed by atoms with Crippen molar-refractivity contribution in [3.05, 3.63) is 42.2 Å². The molecule has 3 atom stereocenters. The minimum Gasteiger partial charge on any atom is -0.488 e. The van der Waals surface area contributed by atoms with Crippen LogP contribution in [0.2, 0.25) is 0 Å². The summed E-state index contributed by atoms with van der Waals surface area (Å²) in [6, 6.07) is 8.20. The van der Waals surface area contributed by atoms with Crippen molar-refractivity contribution in [1.82, 2.24) is 0 Å². The van der Waals surface area contributed by atoms with E-state index in [9.17, 15) is 4.21 Å². The summed E-state index contributed by atoms with van der Waals surface area (Å²) in [5.41, 5.74) is 1.39. The Labute approximate surface area is 148 Å². The van der Waals surface area contributed by atoms with Gasteiger partial charge in [0, 0.05) is 0 Å². The molecule has 0 radical (unpaired) electrons. The van der Waals surface area contributed by atoms with Crippen molar-refractivity contribution in [2.24, 2.45) is 0 Å². The van der Waals surface area contributed by atoms with E-state index in [1.54, 1.807) is 13.0 Å². The topological polar surface area (TPSA) is 44.8 Å². The Kier molecular flexibility index (Phi) is 6.87. The molecule has 0 aromatic heterocycles. The van der Waals surface area contributed by atoms with Gasteiger partial charge in [0.1, 0.15) is 24.2 Å². The largest absolute Gasteiger partial charge is 0.488 e. The van der Waals surface area contributed by atoms with Crippen molar-refractivity contribution in [1.29, 1.82) is 0 Å². The van der Waals surface area contributed by atoms with Crippen LogP contribution in [0.3, 0.4) is 0 Å². The molecule has 0 aliphatic heterocycles. The standard InChI is InChI=1S/C19H28O4S/c1-5-14-21-24(20)23-18-9-7-6-8-17(18)22-16-12-10-15(11-13-16)19(2,3)4/h5,10-14,17-18H,6-9H2,1-4H3/b14-5-. The van der Waals surface area contributed by atoms with Gasteiger partial charge in [0.2, 0.25) is 0 Å².